The smallest absolute Gasteiger partial charge is 0.000740 e. The second kappa shape index (κ2) is 22.9. The zero-order chi connectivity index (χ0) is 65.0. The molecule has 0 heteroatoms. The number of hydrogen-bond donors (Lipinski definition) is 0. The highest BCUT2D eigenvalue weighted by atomic mass is 14.3. The van der Waals surface area contributed by atoms with Gasteiger partial charge in [0.2, 0.25) is 0 Å². The van der Waals surface area contributed by atoms with Gasteiger partial charge in [0.15, 0.2) is 0 Å². The van der Waals surface area contributed by atoms with E-state index >= 15 is 0 Å². The van der Waals surface area contributed by atoms with E-state index in [0.717, 1.165) is 12.8 Å². The van der Waals surface area contributed by atoms with Crippen molar-refractivity contribution in [2.75, 3.05) is 0 Å². The summed E-state index contributed by atoms with van der Waals surface area (Å²) in [6.45, 7) is 28.3. The summed E-state index contributed by atoms with van der Waals surface area (Å²) in [5.74, 6) is 2.02. The molecule has 0 aromatic heterocycles. The van der Waals surface area contributed by atoms with Gasteiger partial charge in [-0.1, -0.05) is 285 Å². The minimum atomic E-state index is 0.369. The van der Waals surface area contributed by atoms with Crippen LogP contribution in [0.25, 0.3) is 173 Å². The zero-order valence-electron chi connectivity index (χ0n) is 58.2. The highest BCUT2D eigenvalue weighted by Crippen LogP contribution is 2.57. The van der Waals surface area contributed by atoms with Crippen molar-refractivity contribution >= 4 is 140 Å². The first-order chi connectivity index (χ1) is 46.2. The molecule has 0 amide bonds. The van der Waals surface area contributed by atoms with E-state index in [2.05, 4.69) is 259 Å². The van der Waals surface area contributed by atoms with Gasteiger partial charge >= 0.3 is 0 Å². The van der Waals surface area contributed by atoms with Crippen molar-refractivity contribution in [3.63, 3.8) is 0 Å². The molecule has 17 aromatic rings. The average molecular weight is 1230 g/mol. The lowest BCUT2D eigenvalue weighted by molar-refractivity contribution is 0.667. The quantitative estimate of drug-likeness (QED) is 0.0456. The van der Waals surface area contributed by atoms with Gasteiger partial charge in [0.1, 0.15) is 0 Å². The molecule has 0 bridgehead atoms. The van der Waals surface area contributed by atoms with Crippen molar-refractivity contribution in [2.45, 2.75) is 177 Å². The molecule has 95 heavy (non-hydrogen) atoms. The molecule has 0 atom stereocenters. The highest BCUT2D eigenvalue weighted by molar-refractivity contribution is 6.48. The molecular weight excluding hydrogens is 1140 g/mol. The van der Waals surface area contributed by atoms with Gasteiger partial charge in [-0.3, -0.25) is 0 Å². The minimum absolute atomic E-state index is 0.369. The second-order valence-electron chi connectivity index (χ2n) is 30.5. The predicted molar refractivity (Wildman–Crippen MR) is 421 cm³/mol. The van der Waals surface area contributed by atoms with E-state index in [4.69, 9.17) is 0 Å². The first-order valence-corrected chi connectivity index (χ1v) is 36.7. The minimum Gasteiger partial charge on any atom is -0.0654 e. The lowest BCUT2D eigenvalue weighted by Crippen LogP contribution is -2.04. The van der Waals surface area contributed by atoms with Gasteiger partial charge in [-0.25, -0.2) is 0 Å². The van der Waals surface area contributed by atoms with Gasteiger partial charge in [0.25, 0.3) is 0 Å². The van der Waals surface area contributed by atoms with Crippen LogP contribution in [-0.4, -0.2) is 0 Å². The molecule has 0 aliphatic heterocycles. The molecule has 0 saturated carbocycles. The van der Waals surface area contributed by atoms with Gasteiger partial charge in [-0.2, -0.15) is 0 Å². The SMILES string of the molecule is CCCCCCc1ccc(-c2c3cc4c(cc3c(-c3ccc(CCCCCC)cc3)c3c5ccc6c7c(C(C)C)ccc8cc(C(C)C)cc(c9ccc(c23)c5c96)c87)c2ccc3c5ccc(-c6c(C(C)C)cc(C(C)C)cc6C(C)C)c6cccc(c7ccc4c2c73)c65)cc1. The predicted octanol–water partition coefficient (Wildman–Crippen LogP) is 29.3. The number of rotatable bonds is 18. The van der Waals surface area contributed by atoms with Crippen molar-refractivity contribution in [3.8, 4) is 33.4 Å². The van der Waals surface area contributed by atoms with E-state index in [0.29, 0.717) is 29.6 Å². The Labute approximate surface area is 561 Å². The van der Waals surface area contributed by atoms with E-state index < -0.39 is 0 Å². The standard InChI is InChI=1S/C95H90/c1-13-15-17-19-22-57-26-30-59(31-27-57)84-82-50-79-71-40-38-69-66-25-21-24-65-67(88-77(55(9)10)47-63(53(5)6)48-78(88)56(11)12)36-37-68(87(65)66)70-39-41-72(91(71)90(69)70)80(79)51-83(82)85(60-32-28-58(29-33-60)23-20-18-16-14-2)95-76-45-44-74-89-64(54(7)8)35-34-61-46-62(52(3)4)49-81(86(61)89)73-42-43-75(94(84)95)93(76)92(73)74/h21,24-56H,13-20,22-23H2,1-12H3. The molecule has 17 rings (SSSR count). The van der Waals surface area contributed by atoms with Crippen LogP contribution in [0.1, 0.15) is 203 Å². The second-order valence-corrected chi connectivity index (χ2v) is 30.5. The molecule has 0 saturated heterocycles. The summed E-state index contributed by atoms with van der Waals surface area (Å²) in [6.07, 6.45) is 12.3. The maximum Gasteiger partial charge on any atom is -0.000740 e. The Kier molecular flexibility index (Phi) is 14.5. The summed E-state index contributed by atoms with van der Waals surface area (Å²) in [6, 6.07) is 72.3. The Bertz CT molecular complexity index is 5650. The summed E-state index contributed by atoms with van der Waals surface area (Å²) in [4.78, 5) is 0. The summed E-state index contributed by atoms with van der Waals surface area (Å²) in [5.41, 5.74) is 18.1. The van der Waals surface area contributed by atoms with Crippen molar-refractivity contribution in [1.29, 1.82) is 0 Å². The molecule has 0 nitrogen and oxygen atoms in total. The normalized spacial score (nSPS) is 12.9. The molecule has 0 N–H and O–H groups in total. The fraction of sp³-hybridized carbons (Fsp3) is 0.284. The molecule has 0 radical (unpaired) electrons. The topological polar surface area (TPSA) is 0 Å². The van der Waals surface area contributed by atoms with Crippen LogP contribution in [0.15, 0.2) is 176 Å². The molecule has 0 heterocycles. The summed E-state index contributed by atoms with van der Waals surface area (Å²) in [5, 5.41) is 35.5. The Morgan fingerprint density at radius 1 is 0.242 bits per heavy atom. The number of unbranched alkanes of at least 4 members (excludes halogenated alkanes) is 6. The third-order valence-electron chi connectivity index (χ3n) is 23.1. The Morgan fingerprint density at radius 2 is 0.653 bits per heavy atom. The Morgan fingerprint density at radius 3 is 1.15 bits per heavy atom. The van der Waals surface area contributed by atoms with Crippen LogP contribution >= 0.6 is 0 Å². The van der Waals surface area contributed by atoms with Crippen LogP contribution < -0.4 is 0 Å². The van der Waals surface area contributed by atoms with Crippen molar-refractivity contribution in [3.05, 3.63) is 215 Å². The van der Waals surface area contributed by atoms with Crippen LogP contribution in [0.4, 0.5) is 0 Å². The van der Waals surface area contributed by atoms with Crippen molar-refractivity contribution in [2.24, 2.45) is 0 Å². The van der Waals surface area contributed by atoms with Crippen molar-refractivity contribution < 1.29 is 0 Å². The van der Waals surface area contributed by atoms with Gasteiger partial charge < -0.3 is 0 Å². The summed E-state index contributed by atoms with van der Waals surface area (Å²) in [7, 11) is 0. The van der Waals surface area contributed by atoms with Crippen LogP contribution in [0.2, 0.25) is 0 Å². The number of benzene rings is 15. The largest absolute Gasteiger partial charge is 0.0654 e. The first kappa shape index (κ1) is 59.9. The van der Waals surface area contributed by atoms with Gasteiger partial charge in [-0.15, -0.1) is 0 Å². The number of fused-ring (bicyclic) bond motifs is 11. The zero-order valence-corrected chi connectivity index (χ0v) is 58.2. The molecule has 0 fully saturated rings. The average Bonchev–Trinajstić information content (AvgIpc) is 1.58. The number of aryl methyl sites for hydroxylation is 2. The molecule has 0 unspecified atom stereocenters. The van der Waals surface area contributed by atoms with Crippen molar-refractivity contribution in [1.82, 2.24) is 0 Å². The Hall–Kier alpha value is -8.84. The van der Waals surface area contributed by atoms with Crippen LogP contribution in [-0.2, 0) is 12.8 Å². The molecule has 0 spiro atoms. The fourth-order valence-corrected chi connectivity index (χ4v) is 18.2. The van der Waals surface area contributed by atoms with E-state index in [-0.39, 0.29) is 0 Å². The van der Waals surface area contributed by atoms with Crippen LogP contribution in [0.3, 0.4) is 0 Å². The molecule has 0 aliphatic rings. The monoisotopic (exact) mass is 1230 g/mol. The first-order valence-electron chi connectivity index (χ1n) is 36.7. The highest BCUT2D eigenvalue weighted by Gasteiger charge is 2.30. The maximum atomic E-state index is 2.66. The van der Waals surface area contributed by atoms with Crippen LogP contribution in [0, 0.1) is 0 Å². The van der Waals surface area contributed by atoms with Gasteiger partial charge in [0, 0.05) is 0 Å². The number of hydrogen-bond acceptors (Lipinski definition) is 0. The van der Waals surface area contributed by atoms with Gasteiger partial charge in [-0.05, 0) is 280 Å². The lowest BCUT2D eigenvalue weighted by atomic mass is 9.79. The molecular formula is C95H90. The van der Waals surface area contributed by atoms with E-state index in [1.165, 1.54) is 264 Å². The summed E-state index contributed by atoms with van der Waals surface area (Å²) < 4.78 is 0. The van der Waals surface area contributed by atoms with Gasteiger partial charge in [0.05, 0.1) is 0 Å². The van der Waals surface area contributed by atoms with Crippen LogP contribution in [0.5, 0.6) is 0 Å². The van der Waals surface area contributed by atoms with E-state index in [1.807, 2.05) is 0 Å². The van der Waals surface area contributed by atoms with E-state index in [1.54, 1.807) is 0 Å². The Balaban J connectivity index is 0.989. The lowest BCUT2D eigenvalue weighted by Gasteiger charge is -2.25. The fourth-order valence-electron chi connectivity index (χ4n) is 18.2. The third kappa shape index (κ3) is 9.05. The molecule has 0 aliphatic carbocycles. The summed E-state index contributed by atoms with van der Waals surface area (Å²) >= 11 is 0. The van der Waals surface area contributed by atoms with E-state index in [9.17, 15) is 0 Å². The maximum absolute atomic E-state index is 2.66. The third-order valence-corrected chi connectivity index (χ3v) is 23.1. The molecule has 470 valence electrons. The molecule has 17 aromatic carbocycles.